The molecule has 1 fully saturated rings. The zero-order valence-electron chi connectivity index (χ0n) is 19.3. The largest absolute Gasteiger partial charge is 0.494 e. The van der Waals surface area contributed by atoms with E-state index < -0.39 is 0 Å². The molecule has 3 aliphatic heterocycles. The highest BCUT2D eigenvalue weighted by Gasteiger charge is 2.25. The van der Waals surface area contributed by atoms with Gasteiger partial charge in [0, 0.05) is 56.6 Å². The zero-order chi connectivity index (χ0) is 21.6. The fraction of sp³-hybridized carbons (Fsp3) is 0.538. The maximum absolute atomic E-state index is 6.25. The van der Waals surface area contributed by atoms with E-state index in [1.165, 1.54) is 36.2 Å². The number of aryl methyl sites for hydroxylation is 1. The lowest BCUT2D eigenvalue weighted by atomic mass is 9.96. The molecule has 5 heteroatoms. The van der Waals surface area contributed by atoms with E-state index in [0.717, 1.165) is 62.5 Å². The summed E-state index contributed by atoms with van der Waals surface area (Å²) in [5.41, 5.74) is 5.80. The Labute approximate surface area is 187 Å². The number of hydrogen-bond acceptors (Lipinski definition) is 5. The van der Waals surface area contributed by atoms with Gasteiger partial charge in [0.05, 0.1) is 12.3 Å². The van der Waals surface area contributed by atoms with Gasteiger partial charge >= 0.3 is 0 Å². The van der Waals surface area contributed by atoms with Crippen molar-refractivity contribution in [1.82, 2.24) is 9.80 Å². The number of dihydropyridines is 1. The van der Waals surface area contributed by atoms with Crippen molar-refractivity contribution in [2.24, 2.45) is 9.98 Å². The molecule has 1 saturated heterocycles. The maximum atomic E-state index is 6.25. The van der Waals surface area contributed by atoms with Crippen LogP contribution in [0.2, 0.25) is 0 Å². The second-order valence-corrected chi connectivity index (χ2v) is 8.98. The second-order valence-electron chi connectivity index (χ2n) is 8.98. The van der Waals surface area contributed by atoms with Crippen LogP contribution in [0, 0.1) is 6.92 Å². The summed E-state index contributed by atoms with van der Waals surface area (Å²) in [6.07, 6.45) is 11.8. The summed E-state index contributed by atoms with van der Waals surface area (Å²) >= 11 is 0. The lowest BCUT2D eigenvalue weighted by molar-refractivity contribution is 0.0739. The summed E-state index contributed by atoms with van der Waals surface area (Å²) in [4.78, 5) is 14.5. The third kappa shape index (κ3) is 5.52. The van der Waals surface area contributed by atoms with Gasteiger partial charge in [-0.15, -0.1) is 0 Å². The van der Waals surface area contributed by atoms with Gasteiger partial charge in [-0.1, -0.05) is 12.1 Å². The normalized spacial score (nSPS) is 26.4. The SMILES string of the molecule is CN=C/C1=C2\CC=CC(=N2)CCCCN2CCN(C)CC2CCOc2ccc(C)c1c2. The Hall–Kier alpha value is -2.24. The minimum absolute atomic E-state index is 0.567. The van der Waals surface area contributed by atoms with E-state index in [1.54, 1.807) is 0 Å². The average Bonchev–Trinajstić information content (AvgIpc) is 2.77. The van der Waals surface area contributed by atoms with Crippen molar-refractivity contribution in [2.45, 2.75) is 45.1 Å². The first kappa shape index (κ1) is 22.0. The Balaban J connectivity index is 1.67. The molecule has 0 spiro atoms. The van der Waals surface area contributed by atoms with Crippen molar-refractivity contribution in [1.29, 1.82) is 0 Å². The van der Waals surface area contributed by atoms with E-state index in [-0.39, 0.29) is 0 Å². The highest BCUT2D eigenvalue weighted by molar-refractivity contribution is 6.12. The van der Waals surface area contributed by atoms with Crippen LogP contribution in [0.25, 0.3) is 5.57 Å². The molecule has 3 aliphatic rings. The van der Waals surface area contributed by atoms with E-state index in [9.17, 15) is 0 Å². The van der Waals surface area contributed by atoms with E-state index in [1.807, 2.05) is 13.3 Å². The molecule has 0 aliphatic carbocycles. The van der Waals surface area contributed by atoms with Crippen molar-refractivity contribution >= 4 is 17.5 Å². The molecule has 4 rings (SSSR count). The van der Waals surface area contributed by atoms with Crippen LogP contribution in [0.3, 0.4) is 0 Å². The summed E-state index contributed by atoms with van der Waals surface area (Å²) in [7, 11) is 4.07. The number of nitrogens with zero attached hydrogens (tertiary/aromatic N) is 4. The van der Waals surface area contributed by atoms with Gasteiger partial charge in [-0.05, 0) is 75.5 Å². The third-order valence-corrected chi connectivity index (χ3v) is 6.62. The number of hydrogen-bond donors (Lipinski definition) is 0. The molecular weight excluding hydrogens is 384 g/mol. The molecule has 4 bridgehead atoms. The number of piperazine rings is 1. The Bertz CT molecular complexity index is 899. The first-order valence-corrected chi connectivity index (χ1v) is 11.7. The summed E-state index contributed by atoms with van der Waals surface area (Å²) in [5, 5.41) is 0. The van der Waals surface area contributed by atoms with Gasteiger partial charge < -0.3 is 9.64 Å². The number of ether oxygens (including phenoxy) is 1. The van der Waals surface area contributed by atoms with Crippen molar-refractivity contribution < 1.29 is 4.74 Å². The van der Waals surface area contributed by atoms with E-state index >= 15 is 0 Å². The molecular formula is C26H36N4O. The molecule has 1 aromatic carbocycles. The van der Waals surface area contributed by atoms with Gasteiger partial charge in [-0.3, -0.25) is 14.9 Å². The van der Waals surface area contributed by atoms with E-state index in [4.69, 9.17) is 9.73 Å². The lowest BCUT2D eigenvalue weighted by Crippen LogP contribution is -2.52. The van der Waals surface area contributed by atoms with Crippen LogP contribution in [0.4, 0.5) is 0 Å². The number of likely N-dealkylation sites (N-methyl/N-ethyl adjacent to an activating group) is 1. The Morgan fingerprint density at radius 3 is 2.97 bits per heavy atom. The highest BCUT2D eigenvalue weighted by atomic mass is 16.5. The summed E-state index contributed by atoms with van der Waals surface area (Å²) in [6.45, 7) is 7.51. The number of allylic oxidation sites excluding steroid dienone is 3. The maximum Gasteiger partial charge on any atom is 0.119 e. The quantitative estimate of drug-likeness (QED) is 0.633. The van der Waals surface area contributed by atoms with Crippen LogP contribution < -0.4 is 4.74 Å². The number of rotatable bonds is 1. The fourth-order valence-corrected chi connectivity index (χ4v) is 4.83. The second kappa shape index (κ2) is 10.4. The number of fused-ring (bicyclic) bond motifs is 4. The summed E-state index contributed by atoms with van der Waals surface area (Å²) in [5.74, 6) is 0.932. The molecule has 0 saturated carbocycles. The molecule has 0 N–H and O–H groups in total. The minimum Gasteiger partial charge on any atom is -0.494 e. The highest BCUT2D eigenvalue weighted by Crippen LogP contribution is 2.29. The molecule has 1 atom stereocenters. The van der Waals surface area contributed by atoms with Crippen LogP contribution in [0.15, 0.2) is 46.0 Å². The van der Waals surface area contributed by atoms with E-state index in [2.05, 4.69) is 59.1 Å². The molecule has 5 nitrogen and oxygen atoms in total. The first-order chi connectivity index (χ1) is 15.1. The van der Waals surface area contributed by atoms with Gasteiger partial charge in [0.25, 0.3) is 0 Å². The Morgan fingerprint density at radius 1 is 1.19 bits per heavy atom. The minimum atomic E-state index is 0.567. The lowest BCUT2D eigenvalue weighted by Gasteiger charge is -2.40. The molecule has 0 amide bonds. The van der Waals surface area contributed by atoms with Crippen molar-refractivity contribution in [3.63, 3.8) is 0 Å². The van der Waals surface area contributed by atoms with Crippen LogP contribution in [-0.2, 0) is 0 Å². The summed E-state index contributed by atoms with van der Waals surface area (Å²) in [6, 6.07) is 6.98. The van der Waals surface area contributed by atoms with E-state index in [0.29, 0.717) is 6.04 Å². The smallest absolute Gasteiger partial charge is 0.119 e. The van der Waals surface area contributed by atoms with Gasteiger partial charge in [0.15, 0.2) is 0 Å². The molecule has 0 aromatic heterocycles. The van der Waals surface area contributed by atoms with Gasteiger partial charge in [-0.2, -0.15) is 0 Å². The summed E-state index contributed by atoms with van der Waals surface area (Å²) < 4.78 is 6.25. The Morgan fingerprint density at radius 2 is 2.10 bits per heavy atom. The molecule has 0 radical (unpaired) electrons. The van der Waals surface area contributed by atoms with Crippen LogP contribution >= 0.6 is 0 Å². The first-order valence-electron chi connectivity index (χ1n) is 11.7. The molecule has 3 heterocycles. The number of benzene rings is 1. The third-order valence-electron chi connectivity index (χ3n) is 6.62. The van der Waals surface area contributed by atoms with Crippen LogP contribution in [-0.4, -0.2) is 74.6 Å². The zero-order valence-corrected chi connectivity index (χ0v) is 19.3. The van der Waals surface area contributed by atoms with Gasteiger partial charge in [0.2, 0.25) is 0 Å². The molecule has 1 aromatic rings. The predicted molar refractivity (Wildman–Crippen MR) is 131 cm³/mol. The van der Waals surface area contributed by atoms with Crippen molar-refractivity contribution in [3.8, 4) is 5.75 Å². The van der Waals surface area contributed by atoms with Gasteiger partial charge in [-0.25, -0.2) is 0 Å². The number of aliphatic imine (C=N–C) groups is 2. The predicted octanol–water partition coefficient (Wildman–Crippen LogP) is 4.38. The molecule has 1 unspecified atom stereocenters. The standard InChI is InChI=1S/C26H36N4O/c1-20-10-11-23-17-24(20)25(18-27-2)26-9-6-8-21(28-26)7-4-5-13-30-15-14-29(3)19-22(30)12-16-31-23/h6,8,10-11,17-18,22H,4-5,7,9,12-16,19H2,1-3H3/b26-25-,27-18?. The van der Waals surface area contributed by atoms with Crippen molar-refractivity contribution in [2.75, 3.05) is 46.9 Å². The van der Waals surface area contributed by atoms with Crippen LogP contribution in [0.5, 0.6) is 5.75 Å². The average molecular weight is 421 g/mol. The topological polar surface area (TPSA) is 40.4 Å². The molecule has 31 heavy (non-hydrogen) atoms. The monoisotopic (exact) mass is 420 g/mol. The van der Waals surface area contributed by atoms with Gasteiger partial charge in [0.1, 0.15) is 5.75 Å². The molecule has 166 valence electrons. The van der Waals surface area contributed by atoms with Crippen LogP contribution in [0.1, 0.15) is 43.2 Å². The van der Waals surface area contributed by atoms with Crippen molar-refractivity contribution in [3.05, 3.63) is 47.2 Å². The Kier molecular flexibility index (Phi) is 7.36. The fourth-order valence-electron chi connectivity index (χ4n) is 4.83.